The summed E-state index contributed by atoms with van der Waals surface area (Å²) in [6.07, 6.45) is 0. The Morgan fingerprint density at radius 3 is 2.76 bits per heavy atom. The summed E-state index contributed by atoms with van der Waals surface area (Å²) < 4.78 is 5.19. The van der Waals surface area contributed by atoms with E-state index in [0.717, 1.165) is 22.6 Å². The molecule has 0 spiro atoms. The number of nitrogens with zero attached hydrogens (tertiary/aromatic N) is 1. The summed E-state index contributed by atoms with van der Waals surface area (Å²) >= 11 is 0. The minimum Gasteiger partial charge on any atom is -0.497 e. The van der Waals surface area contributed by atoms with E-state index in [1.807, 2.05) is 43.3 Å². The van der Waals surface area contributed by atoms with Crippen LogP contribution in [0.4, 0.5) is 5.69 Å². The average molecular weight is 285 g/mol. The number of methoxy groups -OCH3 is 1. The number of oxime groups is 1. The van der Waals surface area contributed by atoms with E-state index in [0.29, 0.717) is 12.1 Å². The van der Waals surface area contributed by atoms with Gasteiger partial charge in [0.1, 0.15) is 5.75 Å². The lowest BCUT2D eigenvalue weighted by Gasteiger charge is -2.11. The SMILES string of the molecule is COc1ccc(NCc2cccc(C(N)=NO)c2)c(C)c1. The number of hydrogen-bond donors (Lipinski definition) is 3. The largest absolute Gasteiger partial charge is 0.497 e. The highest BCUT2D eigenvalue weighted by Crippen LogP contribution is 2.21. The van der Waals surface area contributed by atoms with E-state index in [1.165, 1.54) is 0 Å². The number of benzene rings is 2. The average Bonchev–Trinajstić information content (AvgIpc) is 2.53. The Bertz CT molecular complexity index is 654. The first-order chi connectivity index (χ1) is 10.1. The van der Waals surface area contributed by atoms with Crippen LogP contribution in [-0.4, -0.2) is 18.2 Å². The van der Waals surface area contributed by atoms with Crippen LogP contribution in [0.5, 0.6) is 5.75 Å². The number of ether oxygens (including phenoxy) is 1. The highest BCUT2D eigenvalue weighted by atomic mass is 16.5. The molecule has 0 amide bonds. The first-order valence-corrected chi connectivity index (χ1v) is 6.59. The monoisotopic (exact) mass is 285 g/mol. The van der Waals surface area contributed by atoms with Crippen molar-refractivity contribution in [3.05, 3.63) is 59.2 Å². The summed E-state index contributed by atoms with van der Waals surface area (Å²) in [5.41, 5.74) is 9.50. The molecule has 0 aliphatic rings. The second-order valence-electron chi connectivity index (χ2n) is 4.72. The fraction of sp³-hybridized carbons (Fsp3) is 0.188. The maximum absolute atomic E-state index is 8.71. The molecule has 2 rings (SSSR count). The molecule has 0 heterocycles. The molecule has 110 valence electrons. The van der Waals surface area contributed by atoms with Crippen molar-refractivity contribution < 1.29 is 9.94 Å². The van der Waals surface area contributed by atoms with Gasteiger partial charge in [0.25, 0.3) is 0 Å². The number of anilines is 1. The van der Waals surface area contributed by atoms with Crippen LogP contribution in [0, 0.1) is 6.92 Å². The standard InChI is InChI=1S/C16H19N3O2/c1-11-8-14(21-2)6-7-15(11)18-10-12-4-3-5-13(9-12)16(17)19-20/h3-9,18,20H,10H2,1-2H3,(H2,17,19). The normalized spacial score (nSPS) is 11.2. The third kappa shape index (κ3) is 3.66. The maximum Gasteiger partial charge on any atom is 0.170 e. The molecular formula is C16H19N3O2. The molecular weight excluding hydrogens is 266 g/mol. The summed E-state index contributed by atoms with van der Waals surface area (Å²) in [7, 11) is 1.65. The van der Waals surface area contributed by atoms with Crippen LogP contribution < -0.4 is 15.8 Å². The molecule has 0 aliphatic carbocycles. The summed E-state index contributed by atoms with van der Waals surface area (Å²) in [5, 5.41) is 15.1. The van der Waals surface area contributed by atoms with E-state index >= 15 is 0 Å². The molecule has 0 fully saturated rings. The van der Waals surface area contributed by atoms with Crippen LogP contribution in [0.15, 0.2) is 47.6 Å². The smallest absolute Gasteiger partial charge is 0.170 e. The zero-order valence-corrected chi connectivity index (χ0v) is 12.1. The van der Waals surface area contributed by atoms with Gasteiger partial charge in [0.15, 0.2) is 5.84 Å². The Morgan fingerprint density at radius 1 is 1.29 bits per heavy atom. The van der Waals surface area contributed by atoms with E-state index in [1.54, 1.807) is 13.2 Å². The fourth-order valence-electron chi connectivity index (χ4n) is 2.06. The van der Waals surface area contributed by atoms with Crippen LogP contribution in [0.2, 0.25) is 0 Å². The van der Waals surface area contributed by atoms with Crippen LogP contribution in [0.25, 0.3) is 0 Å². The number of hydrogen-bond acceptors (Lipinski definition) is 4. The maximum atomic E-state index is 8.71. The predicted octanol–water partition coefficient (Wildman–Crippen LogP) is 2.71. The summed E-state index contributed by atoms with van der Waals surface area (Å²) in [6.45, 7) is 2.68. The third-order valence-corrected chi connectivity index (χ3v) is 3.25. The van der Waals surface area contributed by atoms with Gasteiger partial charge in [-0.3, -0.25) is 0 Å². The summed E-state index contributed by atoms with van der Waals surface area (Å²) in [6, 6.07) is 13.4. The Balaban J connectivity index is 2.10. The van der Waals surface area contributed by atoms with Crippen LogP contribution in [0.3, 0.4) is 0 Å². The van der Waals surface area contributed by atoms with Gasteiger partial charge < -0.3 is 21.0 Å². The van der Waals surface area contributed by atoms with Crippen molar-refractivity contribution in [2.24, 2.45) is 10.9 Å². The molecule has 2 aromatic carbocycles. The highest BCUT2D eigenvalue weighted by Gasteiger charge is 2.03. The van der Waals surface area contributed by atoms with Gasteiger partial charge in [0.05, 0.1) is 7.11 Å². The molecule has 0 atom stereocenters. The second kappa shape index (κ2) is 6.65. The van der Waals surface area contributed by atoms with E-state index in [4.69, 9.17) is 15.7 Å². The molecule has 0 aromatic heterocycles. The van der Waals surface area contributed by atoms with Crippen molar-refractivity contribution in [3.63, 3.8) is 0 Å². The Kier molecular flexibility index (Phi) is 4.66. The van der Waals surface area contributed by atoms with Gasteiger partial charge in [0.2, 0.25) is 0 Å². The van der Waals surface area contributed by atoms with E-state index in [-0.39, 0.29) is 5.84 Å². The molecule has 21 heavy (non-hydrogen) atoms. The van der Waals surface area contributed by atoms with E-state index < -0.39 is 0 Å². The molecule has 0 radical (unpaired) electrons. The quantitative estimate of drug-likeness (QED) is 0.341. The highest BCUT2D eigenvalue weighted by molar-refractivity contribution is 5.97. The summed E-state index contributed by atoms with van der Waals surface area (Å²) in [4.78, 5) is 0. The van der Waals surface area contributed by atoms with Gasteiger partial charge in [0, 0.05) is 17.8 Å². The van der Waals surface area contributed by atoms with Gasteiger partial charge in [-0.05, 0) is 42.3 Å². The minimum atomic E-state index is 0.109. The van der Waals surface area contributed by atoms with E-state index in [9.17, 15) is 0 Å². The van der Waals surface area contributed by atoms with Gasteiger partial charge in [-0.2, -0.15) is 0 Å². The van der Waals surface area contributed by atoms with Crippen molar-refractivity contribution in [1.82, 2.24) is 0 Å². The van der Waals surface area contributed by atoms with Crippen molar-refractivity contribution in [3.8, 4) is 5.75 Å². The Hall–Kier alpha value is -2.69. The Morgan fingerprint density at radius 2 is 2.10 bits per heavy atom. The molecule has 5 nitrogen and oxygen atoms in total. The fourth-order valence-corrected chi connectivity index (χ4v) is 2.06. The number of amidine groups is 1. The zero-order valence-electron chi connectivity index (χ0n) is 12.1. The molecule has 4 N–H and O–H groups in total. The summed E-state index contributed by atoms with van der Waals surface area (Å²) in [5.74, 6) is 0.949. The second-order valence-corrected chi connectivity index (χ2v) is 4.72. The van der Waals surface area contributed by atoms with Crippen molar-refractivity contribution >= 4 is 11.5 Å². The van der Waals surface area contributed by atoms with Crippen LogP contribution in [0.1, 0.15) is 16.7 Å². The van der Waals surface area contributed by atoms with Gasteiger partial charge in [-0.15, -0.1) is 0 Å². The van der Waals surface area contributed by atoms with Gasteiger partial charge in [-0.1, -0.05) is 23.4 Å². The van der Waals surface area contributed by atoms with Crippen molar-refractivity contribution in [1.29, 1.82) is 0 Å². The third-order valence-electron chi connectivity index (χ3n) is 3.25. The number of nitrogens with two attached hydrogens (primary N) is 1. The molecule has 5 heteroatoms. The Labute approximate surface area is 124 Å². The van der Waals surface area contributed by atoms with Crippen LogP contribution >= 0.6 is 0 Å². The predicted molar refractivity (Wildman–Crippen MR) is 84.0 cm³/mol. The van der Waals surface area contributed by atoms with Gasteiger partial charge >= 0.3 is 0 Å². The topological polar surface area (TPSA) is 79.9 Å². The number of rotatable bonds is 5. The van der Waals surface area contributed by atoms with Crippen molar-refractivity contribution in [2.75, 3.05) is 12.4 Å². The lowest BCUT2D eigenvalue weighted by molar-refractivity contribution is 0.318. The van der Waals surface area contributed by atoms with Crippen LogP contribution in [-0.2, 0) is 6.54 Å². The molecule has 0 saturated carbocycles. The number of aryl methyl sites for hydroxylation is 1. The minimum absolute atomic E-state index is 0.109. The zero-order chi connectivity index (χ0) is 15.2. The number of nitrogens with one attached hydrogen (secondary N) is 1. The molecule has 2 aromatic rings. The lowest BCUT2D eigenvalue weighted by Crippen LogP contribution is -2.13. The van der Waals surface area contributed by atoms with Crippen molar-refractivity contribution in [2.45, 2.75) is 13.5 Å². The van der Waals surface area contributed by atoms with Gasteiger partial charge in [-0.25, -0.2) is 0 Å². The first kappa shape index (κ1) is 14.7. The first-order valence-electron chi connectivity index (χ1n) is 6.59. The van der Waals surface area contributed by atoms with E-state index in [2.05, 4.69) is 10.5 Å². The molecule has 0 bridgehead atoms. The molecule has 0 unspecified atom stereocenters. The molecule has 0 aliphatic heterocycles. The lowest BCUT2D eigenvalue weighted by atomic mass is 10.1. The molecule has 0 saturated heterocycles.